The third kappa shape index (κ3) is 3.90. The summed E-state index contributed by atoms with van der Waals surface area (Å²) in [4.78, 5) is 36.6. The van der Waals surface area contributed by atoms with Crippen LogP contribution in [0.1, 0.15) is 52.6 Å². The number of benzene rings is 1. The fraction of sp³-hybridized carbons (Fsp3) is 0.400. The molecule has 0 N–H and O–H groups in total. The Labute approximate surface area is 153 Å². The molecular formula is C20H24N4O2. The van der Waals surface area contributed by atoms with Gasteiger partial charge in [0.2, 0.25) is 0 Å². The van der Waals surface area contributed by atoms with Crippen molar-refractivity contribution in [1.29, 1.82) is 0 Å². The average Bonchev–Trinajstić information content (AvgIpc) is 2.73. The number of hydrogen-bond donors (Lipinski definition) is 0. The Hall–Kier alpha value is -2.76. The van der Waals surface area contributed by atoms with Crippen molar-refractivity contribution in [3.63, 3.8) is 0 Å². The highest BCUT2D eigenvalue weighted by atomic mass is 16.2. The SMILES string of the molecule is CCC(C)c1ccc(C(=O)N2CCN(C(=O)c3cnccn3)CC2)cc1. The van der Waals surface area contributed by atoms with Gasteiger partial charge in [-0.1, -0.05) is 26.0 Å². The summed E-state index contributed by atoms with van der Waals surface area (Å²) in [5, 5.41) is 0. The normalized spacial score (nSPS) is 15.6. The molecule has 0 bridgehead atoms. The van der Waals surface area contributed by atoms with Crippen LogP contribution in [-0.4, -0.2) is 57.8 Å². The second-order valence-electron chi connectivity index (χ2n) is 6.61. The predicted octanol–water partition coefficient (Wildman–Crippen LogP) is 2.59. The van der Waals surface area contributed by atoms with Gasteiger partial charge in [-0.3, -0.25) is 14.6 Å². The van der Waals surface area contributed by atoms with Gasteiger partial charge in [0.1, 0.15) is 5.69 Å². The number of nitrogens with zero attached hydrogens (tertiary/aromatic N) is 4. The quantitative estimate of drug-likeness (QED) is 0.848. The molecule has 1 atom stereocenters. The number of carbonyl (C=O) groups is 2. The zero-order valence-electron chi connectivity index (χ0n) is 15.3. The van der Waals surface area contributed by atoms with Crippen molar-refractivity contribution < 1.29 is 9.59 Å². The summed E-state index contributed by atoms with van der Waals surface area (Å²) in [7, 11) is 0. The van der Waals surface area contributed by atoms with Gasteiger partial charge >= 0.3 is 0 Å². The zero-order valence-corrected chi connectivity index (χ0v) is 15.3. The van der Waals surface area contributed by atoms with E-state index in [1.165, 1.54) is 18.0 Å². The van der Waals surface area contributed by atoms with E-state index < -0.39 is 0 Å². The van der Waals surface area contributed by atoms with Crippen molar-refractivity contribution in [2.24, 2.45) is 0 Å². The summed E-state index contributed by atoms with van der Waals surface area (Å²) in [5.74, 6) is 0.380. The molecule has 0 saturated carbocycles. The van der Waals surface area contributed by atoms with E-state index in [0.29, 0.717) is 43.4 Å². The molecule has 0 radical (unpaired) electrons. The van der Waals surface area contributed by atoms with E-state index in [-0.39, 0.29) is 11.8 Å². The van der Waals surface area contributed by atoms with Crippen molar-refractivity contribution in [2.45, 2.75) is 26.2 Å². The summed E-state index contributed by atoms with van der Waals surface area (Å²) >= 11 is 0. The van der Waals surface area contributed by atoms with Gasteiger partial charge in [-0.15, -0.1) is 0 Å². The van der Waals surface area contributed by atoms with E-state index >= 15 is 0 Å². The zero-order chi connectivity index (χ0) is 18.5. The maximum absolute atomic E-state index is 12.7. The standard InChI is InChI=1S/C20H24N4O2/c1-3-15(2)16-4-6-17(7-5-16)19(25)23-10-12-24(13-11-23)20(26)18-14-21-8-9-22-18/h4-9,14-15H,3,10-13H2,1-2H3. The van der Waals surface area contributed by atoms with Crippen LogP contribution in [0.5, 0.6) is 0 Å². The lowest BCUT2D eigenvalue weighted by Crippen LogP contribution is -2.50. The minimum absolute atomic E-state index is 0.0207. The lowest BCUT2D eigenvalue weighted by molar-refractivity contribution is 0.0532. The van der Waals surface area contributed by atoms with Crippen LogP contribution in [0.2, 0.25) is 0 Å². The first-order chi connectivity index (χ1) is 12.6. The molecule has 1 fully saturated rings. The molecule has 0 aliphatic carbocycles. The second-order valence-corrected chi connectivity index (χ2v) is 6.61. The van der Waals surface area contributed by atoms with Gasteiger partial charge in [-0.25, -0.2) is 4.98 Å². The molecule has 0 spiro atoms. The summed E-state index contributed by atoms with van der Waals surface area (Å²) in [6.45, 7) is 6.41. The lowest BCUT2D eigenvalue weighted by Gasteiger charge is -2.34. The van der Waals surface area contributed by atoms with Crippen molar-refractivity contribution in [1.82, 2.24) is 19.8 Å². The highest BCUT2D eigenvalue weighted by Crippen LogP contribution is 2.19. The van der Waals surface area contributed by atoms with Crippen LogP contribution in [0.3, 0.4) is 0 Å². The Morgan fingerprint density at radius 1 is 1.00 bits per heavy atom. The summed E-state index contributed by atoms with van der Waals surface area (Å²) < 4.78 is 0. The van der Waals surface area contributed by atoms with E-state index in [4.69, 9.17) is 0 Å². The van der Waals surface area contributed by atoms with E-state index in [2.05, 4.69) is 23.8 Å². The van der Waals surface area contributed by atoms with Gasteiger partial charge in [0.25, 0.3) is 11.8 Å². The number of aromatic nitrogens is 2. The third-order valence-electron chi connectivity index (χ3n) is 4.98. The largest absolute Gasteiger partial charge is 0.335 e. The molecule has 1 aromatic heterocycles. The van der Waals surface area contributed by atoms with Crippen LogP contribution in [0.25, 0.3) is 0 Å². The second kappa shape index (κ2) is 8.08. The van der Waals surface area contributed by atoms with Crippen LogP contribution in [0.15, 0.2) is 42.9 Å². The van der Waals surface area contributed by atoms with Crippen LogP contribution >= 0.6 is 0 Å². The molecule has 1 aliphatic rings. The topological polar surface area (TPSA) is 66.4 Å². The van der Waals surface area contributed by atoms with Crippen molar-refractivity contribution in [3.05, 3.63) is 59.7 Å². The Morgan fingerprint density at radius 2 is 1.62 bits per heavy atom. The minimum atomic E-state index is -0.136. The summed E-state index contributed by atoms with van der Waals surface area (Å²) in [6, 6.07) is 7.88. The van der Waals surface area contributed by atoms with E-state index in [9.17, 15) is 9.59 Å². The van der Waals surface area contributed by atoms with Gasteiger partial charge in [0.05, 0.1) is 6.20 Å². The fourth-order valence-corrected chi connectivity index (χ4v) is 3.06. The van der Waals surface area contributed by atoms with Gasteiger partial charge in [0.15, 0.2) is 0 Å². The predicted molar refractivity (Wildman–Crippen MR) is 99.0 cm³/mol. The molecule has 26 heavy (non-hydrogen) atoms. The summed E-state index contributed by atoms with van der Waals surface area (Å²) in [5.41, 5.74) is 2.29. The molecule has 2 heterocycles. The van der Waals surface area contributed by atoms with Gasteiger partial charge in [-0.2, -0.15) is 0 Å². The molecule has 2 amide bonds. The molecule has 2 aromatic rings. The molecule has 6 heteroatoms. The van der Waals surface area contributed by atoms with Crippen LogP contribution < -0.4 is 0 Å². The van der Waals surface area contributed by atoms with Crippen molar-refractivity contribution in [3.8, 4) is 0 Å². The van der Waals surface area contributed by atoms with E-state index in [1.54, 1.807) is 16.0 Å². The van der Waals surface area contributed by atoms with Crippen LogP contribution in [-0.2, 0) is 0 Å². The minimum Gasteiger partial charge on any atom is -0.335 e. The number of amides is 2. The Bertz CT molecular complexity index is 753. The number of hydrogen-bond acceptors (Lipinski definition) is 4. The molecule has 1 saturated heterocycles. The van der Waals surface area contributed by atoms with E-state index in [1.807, 2.05) is 24.3 Å². The van der Waals surface area contributed by atoms with Crippen LogP contribution in [0.4, 0.5) is 0 Å². The average molecular weight is 352 g/mol. The maximum Gasteiger partial charge on any atom is 0.274 e. The van der Waals surface area contributed by atoms with Crippen molar-refractivity contribution in [2.75, 3.05) is 26.2 Å². The highest BCUT2D eigenvalue weighted by Gasteiger charge is 2.26. The molecular weight excluding hydrogens is 328 g/mol. The lowest BCUT2D eigenvalue weighted by atomic mass is 9.97. The molecule has 6 nitrogen and oxygen atoms in total. The summed E-state index contributed by atoms with van der Waals surface area (Å²) in [6.07, 6.45) is 5.60. The van der Waals surface area contributed by atoms with Crippen molar-refractivity contribution >= 4 is 11.8 Å². The number of carbonyl (C=O) groups excluding carboxylic acids is 2. The first kappa shape index (κ1) is 18.0. The number of rotatable bonds is 4. The van der Waals surface area contributed by atoms with Gasteiger partial charge in [0, 0.05) is 44.1 Å². The Kier molecular flexibility index (Phi) is 5.61. The van der Waals surface area contributed by atoms with E-state index in [0.717, 1.165) is 6.42 Å². The smallest absolute Gasteiger partial charge is 0.274 e. The van der Waals surface area contributed by atoms with Gasteiger partial charge < -0.3 is 9.80 Å². The fourth-order valence-electron chi connectivity index (χ4n) is 3.06. The molecule has 1 aliphatic heterocycles. The first-order valence-corrected chi connectivity index (χ1v) is 9.04. The molecule has 3 rings (SSSR count). The third-order valence-corrected chi connectivity index (χ3v) is 4.98. The Morgan fingerprint density at radius 3 is 2.15 bits per heavy atom. The van der Waals surface area contributed by atoms with Crippen LogP contribution in [0, 0.1) is 0 Å². The first-order valence-electron chi connectivity index (χ1n) is 9.04. The molecule has 1 aromatic carbocycles. The Balaban J connectivity index is 1.59. The molecule has 1 unspecified atom stereocenters. The molecule has 136 valence electrons. The highest BCUT2D eigenvalue weighted by molar-refractivity contribution is 5.95. The monoisotopic (exact) mass is 352 g/mol. The maximum atomic E-state index is 12.7. The van der Waals surface area contributed by atoms with Gasteiger partial charge in [-0.05, 0) is 30.0 Å². The number of piperazine rings is 1.